The maximum absolute atomic E-state index is 9.36. The predicted octanol–water partition coefficient (Wildman–Crippen LogP) is 1.23. The largest absolute Gasteiger partial charge is 0.508 e. The molecule has 2 rings (SSSR count). The molecule has 0 unspecified atom stereocenters. The normalized spacial score (nSPS) is 18.3. The number of hydrogen-bond acceptors (Lipinski definition) is 6. The van der Waals surface area contributed by atoms with Crippen molar-refractivity contribution in [3.8, 4) is 5.75 Å². The summed E-state index contributed by atoms with van der Waals surface area (Å²) in [4.78, 5) is 9.80. The lowest BCUT2D eigenvalue weighted by Crippen LogP contribution is -2.54. The minimum absolute atomic E-state index is 0.0806. The van der Waals surface area contributed by atoms with Gasteiger partial charge in [-0.15, -0.1) is 0 Å². The van der Waals surface area contributed by atoms with E-state index in [1.807, 2.05) is 13.8 Å². The Bertz CT molecular complexity index is 552. The summed E-state index contributed by atoms with van der Waals surface area (Å²) in [5.41, 5.74) is 11.4. The smallest absolute Gasteiger partial charge is 0.220 e. The lowest BCUT2D eigenvalue weighted by Gasteiger charge is -2.38. The van der Waals surface area contributed by atoms with E-state index in [0.29, 0.717) is 10.7 Å². The molecular formula is C11H14ClN5O. The third-order valence-electron chi connectivity index (χ3n) is 2.57. The van der Waals surface area contributed by atoms with Crippen molar-refractivity contribution in [3.05, 3.63) is 23.2 Å². The summed E-state index contributed by atoms with van der Waals surface area (Å²) in [5, 5.41) is 9.72. The van der Waals surface area contributed by atoms with Gasteiger partial charge in [0.1, 0.15) is 11.4 Å². The van der Waals surface area contributed by atoms with E-state index >= 15 is 0 Å². The molecule has 0 atom stereocenters. The Morgan fingerprint density at radius 2 is 2.00 bits per heavy atom. The SMILES string of the molecule is CC1(C)N=C(N)N=C(N)N1c1ccc(O)cc1Cl. The summed E-state index contributed by atoms with van der Waals surface area (Å²) in [6.45, 7) is 3.68. The van der Waals surface area contributed by atoms with Crippen LogP contribution in [0, 0.1) is 0 Å². The standard InChI is InChI=1S/C11H14ClN5O/c1-11(2)16-9(13)15-10(14)17(11)8-4-3-6(18)5-7(8)12/h3-5,18H,1-2H3,(H4,13,14,15,16). The maximum Gasteiger partial charge on any atom is 0.220 e. The van der Waals surface area contributed by atoms with E-state index in [9.17, 15) is 5.11 Å². The van der Waals surface area contributed by atoms with Crippen molar-refractivity contribution in [2.45, 2.75) is 19.5 Å². The van der Waals surface area contributed by atoms with Crippen LogP contribution >= 0.6 is 11.6 Å². The van der Waals surface area contributed by atoms with Gasteiger partial charge in [0.05, 0.1) is 10.7 Å². The highest BCUT2D eigenvalue weighted by atomic mass is 35.5. The maximum atomic E-state index is 9.36. The van der Waals surface area contributed by atoms with E-state index in [-0.39, 0.29) is 17.7 Å². The Morgan fingerprint density at radius 3 is 2.56 bits per heavy atom. The highest BCUT2D eigenvalue weighted by molar-refractivity contribution is 6.34. The van der Waals surface area contributed by atoms with Gasteiger partial charge in [0, 0.05) is 6.07 Å². The highest BCUT2D eigenvalue weighted by Crippen LogP contribution is 2.34. The number of nitrogens with zero attached hydrogens (tertiary/aromatic N) is 3. The van der Waals surface area contributed by atoms with E-state index < -0.39 is 5.66 Å². The molecule has 1 heterocycles. The Hall–Kier alpha value is -1.95. The molecule has 0 saturated heterocycles. The first-order valence-electron chi connectivity index (χ1n) is 5.29. The number of guanidine groups is 2. The Morgan fingerprint density at radius 1 is 1.33 bits per heavy atom. The molecule has 1 aliphatic rings. The number of nitrogens with two attached hydrogens (primary N) is 2. The van der Waals surface area contributed by atoms with Crippen LogP contribution in [0.1, 0.15) is 13.8 Å². The minimum Gasteiger partial charge on any atom is -0.508 e. The molecule has 96 valence electrons. The molecule has 0 bridgehead atoms. The number of rotatable bonds is 1. The molecule has 6 nitrogen and oxygen atoms in total. The van der Waals surface area contributed by atoms with Crippen LogP contribution in [0.5, 0.6) is 5.75 Å². The molecule has 0 amide bonds. The summed E-state index contributed by atoms with van der Waals surface area (Å²) in [6, 6.07) is 4.60. The second-order valence-electron chi connectivity index (χ2n) is 4.41. The zero-order valence-corrected chi connectivity index (χ0v) is 10.8. The van der Waals surface area contributed by atoms with Crippen LogP contribution in [0.25, 0.3) is 0 Å². The number of phenols is 1. The first kappa shape index (κ1) is 12.5. The zero-order chi connectivity index (χ0) is 13.5. The van der Waals surface area contributed by atoms with Gasteiger partial charge in [-0.05, 0) is 26.0 Å². The van der Waals surface area contributed by atoms with E-state index in [1.165, 1.54) is 12.1 Å². The predicted molar refractivity (Wildman–Crippen MR) is 72.9 cm³/mol. The van der Waals surface area contributed by atoms with Gasteiger partial charge in [0.2, 0.25) is 11.9 Å². The molecule has 1 aliphatic heterocycles. The Balaban J connectivity index is 2.53. The number of aliphatic imine (C=N–C) groups is 2. The molecule has 0 spiro atoms. The van der Waals surface area contributed by atoms with E-state index in [2.05, 4.69) is 9.98 Å². The number of phenolic OH excluding ortho intramolecular Hbond substituents is 1. The van der Waals surface area contributed by atoms with Gasteiger partial charge in [-0.2, -0.15) is 4.99 Å². The fourth-order valence-electron chi connectivity index (χ4n) is 1.90. The van der Waals surface area contributed by atoms with Crippen molar-refractivity contribution >= 4 is 29.2 Å². The molecule has 18 heavy (non-hydrogen) atoms. The van der Waals surface area contributed by atoms with Gasteiger partial charge in [-0.25, -0.2) is 4.99 Å². The van der Waals surface area contributed by atoms with Gasteiger partial charge in [0.25, 0.3) is 0 Å². The molecule has 0 aromatic heterocycles. The fourth-order valence-corrected chi connectivity index (χ4v) is 2.16. The first-order valence-corrected chi connectivity index (χ1v) is 5.67. The zero-order valence-electron chi connectivity index (χ0n) is 10.1. The van der Waals surface area contributed by atoms with Crippen molar-refractivity contribution in [2.75, 3.05) is 4.90 Å². The summed E-state index contributed by atoms with van der Waals surface area (Å²) < 4.78 is 0. The molecule has 0 fully saturated rings. The number of hydrogen-bond donors (Lipinski definition) is 3. The monoisotopic (exact) mass is 267 g/mol. The van der Waals surface area contributed by atoms with Crippen LogP contribution < -0.4 is 16.4 Å². The van der Waals surface area contributed by atoms with E-state index in [1.54, 1.807) is 11.0 Å². The molecule has 7 heteroatoms. The summed E-state index contributed by atoms with van der Waals surface area (Å²) in [6.07, 6.45) is 0. The van der Waals surface area contributed by atoms with E-state index in [4.69, 9.17) is 23.1 Å². The molecule has 1 aromatic carbocycles. The molecule has 5 N–H and O–H groups in total. The Kier molecular flexibility index (Phi) is 2.82. The summed E-state index contributed by atoms with van der Waals surface area (Å²) in [7, 11) is 0. The van der Waals surface area contributed by atoms with Crippen molar-refractivity contribution in [1.29, 1.82) is 0 Å². The molecular weight excluding hydrogens is 254 g/mol. The lowest BCUT2D eigenvalue weighted by molar-refractivity contribution is 0.475. The molecule has 1 aromatic rings. The number of benzene rings is 1. The van der Waals surface area contributed by atoms with Gasteiger partial charge in [0.15, 0.2) is 0 Å². The van der Waals surface area contributed by atoms with Crippen molar-refractivity contribution in [2.24, 2.45) is 21.5 Å². The van der Waals surface area contributed by atoms with Gasteiger partial charge in [-0.3, -0.25) is 4.90 Å². The molecule has 0 radical (unpaired) electrons. The van der Waals surface area contributed by atoms with Crippen molar-refractivity contribution in [3.63, 3.8) is 0 Å². The van der Waals surface area contributed by atoms with Crippen LogP contribution in [0.15, 0.2) is 28.2 Å². The van der Waals surface area contributed by atoms with Crippen LogP contribution in [-0.2, 0) is 0 Å². The van der Waals surface area contributed by atoms with Gasteiger partial charge < -0.3 is 16.6 Å². The number of anilines is 1. The van der Waals surface area contributed by atoms with Gasteiger partial charge >= 0.3 is 0 Å². The fraction of sp³-hybridized carbons (Fsp3) is 0.273. The van der Waals surface area contributed by atoms with Crippen LogP contribution in [0.2, 0.25) is 5.02 Å². The van der Waals surface area contributed by atoms with Crippen LogP contribution in [-0.4, -0.2) is 22.7 Å². The molecule has 0 aliphatic carbocycles. The number of halogens is 1. The van der Waals surface area contributed by atoms with Crippen molar-refractivity contribution < 1.29 is 5.11 Å². The summed E-state index contributed by atoms with van der Waals surface area (Å²) in [5.74, 6) is 0.417. The van der Waals surface area contributed by atoms with Crippen LogP contribution in [0.3, 0.4) is 0 Å². The first-order chi connectivity index (χ1) is 8.31. The lowest BCUT2D eigenvalue weighted by atomic mass is 10.1. The average molecular weight is 268 g/mol. The molecule has 0 saturated carbocycles. The minimum atomic E-state index is -0.698. The average Bonchev–Trinajstić information content (AvgIpc) is 2.18. The van der Waals surface area contributed by atoms with Gasteiger partial charge in [-0.1, -0.05) is 11.6 Å². The van der Waals surface area contributed by atoms with Crippen molar-refractivity contribution in [1.82, 2.24) is 0 Å². The quantitative estimate of drug-likeness (QED) is 0.712. The second-order valence-corrected chi connectivity index (χ2v) is 4.81. The third kappa shape index (κ3) is 2.06. The highest BCUT2D eigenvalue weighted by Gasteiger charge is 2.34. The Labute approximate surface area is 110 Å². The second kappa shape index (κ2) is 4.06. The summed E-state index contributed by atoms with van der Waals surface area (Å²) >= 11 is 6.10. The topological polar surface area (TPSA) is 100 Å². The third-order valence-corrected chi connectivity index (χ3v) is 2.87. The van der Waals surface area contributed by atoms with E-state index in [0.717, 1.165) is 0 Å². The number of aromatic hydroxyl groups is 1. The van der Waals surface area contributed by atoms with Crippen LogP contribution in [0.4, 0.5) is 5.69 Å².